The second-order valence-corrected chi connectivity index (χ2v) is 13.7. The number of benzene rings is 2. The molecule has 190 valence electrons. The summed E-state index contributed by atoms with van der Waals surface area (Å²) < 4.78 is 27.3. The van der Waals surface area contributed by atoms with Crippen molar-refractivity contribution in [3.63, 3.8) is 0 Å². The predicted molar refractivity (Wildman–Crippen MR) is 140 cm³/mol. The van der Waals surface area contributed by atoms with Crippen LogP contribution in [0.15, 0.2) is 47.4 Å². The van der Waals surface area contributed by atoms with Gasteiger partial charge in [0.2, 0.25) is 5.91 Å². The summed E-state index contributed by atoms with van der Waals surface area (Å²) in [7, 11) is -3.74. The van der Waals surface area contributed by atoms with Crippen molar-refractivity contribution in [2.75, 3.05) is 11.9 Å². The molecular formula is C28H36ClNO4S. The van der Waals surface area contributed by atoms with Crippen LogP contribution in [-0.4, -0.2) is 26.0 Å². The molecule has 0 bridgehead atoms. The molecule has 5 nitrogen and oxygen atoms in total. The van der Waals surface area contributed by atoms with Gasteiger partial charge in [0.1, 0.15) is 0 Å². The second-order valence-electron chi connectivity index (χ2n) is 11.2. The van der Waals surface area contributed by atoms with Gasteiger partial charge in [-0.3, -0.25) is 4.79 Å². The molecule has 1 saturated carbocycles. The number of aliphatic hydroxyl groups excluding tert-OH is 1. The Morgan fingerprint density at radius 3 is 2.54 bits per heavy atom. The highest BCUT2D eigenvalue weighted by Crippen LogP contribution is 2.43. The normalized spacial score (nSPS) is 23.3. The number of sulfone groups is 1. The maximum Gasteiger partial charge on any atom is 0.227 e. The van der Waals surface area contributed by atoms with Gasteiger partial charge < -0.3 is 10.4 Å². The standard InChI is InChI=1S/C28H36ClNO4S/c1-18(20-9-11-28(2,3)12-10-20)27(32)30-23-8-7-21-13-19(17-31)14-26(25(21)16-23)35(33,34)24-6-4-5-22(29)15-24/h4-8,15-16,18-20,26,31H,9-14,17H2,1-3H3,(H,30,32)/t18-,19+,26?/m0/s1. The number of anilines is 1. The summed E-state index contributed by atoms with van der Waals surface area (Å²) >= 11 is 6.09. The van der Waals surface area contributed by atoms with E-state index >= 15 is 0 Å². The number of aliphatic hydroxyl groups is 1. The number of hydrogen-bond donors (Lipinski definition) is 2. The van der Waals surface area contributed by atoms with Gasteiger partial charge in [-0.1, -0.05) is 44.5 Å². The highest BCUT2D eigenvalue weighted by Gasteiger charge is 2.37. The smallest absolute Gasteiger partial charge is 0.227 e. The number of fused-ring (bicyclic) bond motifs is 1. The first-order valence-electron chi connectivity index (χ1n) is 12.5. The zero-order chi connectivity index (χ0) is 25.4. The van der Waals surface area contributed by atoms with Gasteiger partial charge in [-0.25, -0.2) is 8.42 Å². The second kappa shape index (κ2) is 10.2. The zero-order valence-corrected chi connectivity index (χ0v) is 22.3. The molecule has 35 heavy (non-hydrogen) atoms. The third kappa shape index (κ3) is 5.76. The zero-order valence-electron chi connectivity index (χ0n) is 20.8. The van der Waals surface area contributed by atoms with Gasteiger partial charge in [0.25, 0.3) is 0 Å². The molecule has 3 atom stereocenters. The number of nitrogens with one attached hydrogen (secondary N) is 1. The van der Waals surface area contributed by atoms with E-state index in [1.165, 1.54) is 6.07 Å². The Balaban J connectivity index is 1.59. The van der Waals surface area contributed by atoms with Crippen LogP contribution in [0, 0.1) is 23.2 Å². The van der Waals surface area contributed by atoms with Crippen molar-refractivity contribution >= 4 is 33.0 Å². The molecule has 2 N–H and O–H groups in total. The molecule has 0 aliphatic heterocycles. The molecule has 2 aromatic rings. The molecule has 4 rings (SSSR count). The lowest BCUT2D eigenvalue weighted by Gasteiger charge is -2.36. The van der Waals surface area contributed by atoms with E-state index < -0.39 is 15.1 Å². The van der Waals surface area contributed by atoms with E-state index in [1.54, 1.807) is 18.2 Å². The highest BCUT2D eigenvalue weighted by atomic mass is 35.5. The van der Waals surface area contributed by atoms with Crippen molar-refractivity contribution in [2.45, 2.75) is 69.4 Å². The van der Waals surface area contributed by atoms with E-state index in [9.17, 15) is 18.3 Å². The van der Waals surface area contributed by atoms with Crippen LogP contribution in [0.5, 0.6) is 0 Å². The van der Waals surface area contributed by atoms with E-state index in [4.69, 9.17) is 11.6 Å². The third-order valence-corrected chi connectivity index (χ3v) is 10.4. The third-order valence-electron chi connectivity index (χ3n) is 8.08. The van der Waals surface area contributed by atoms with Crippen LogP contribution < -0.4 is 5.32 Å². The Kier molecular flexibility index (Phi) is 7.65. The maximum absolute atomic E-state index is 13.6. The minimum absolute atomic E-state index is 0.0204. The summed E-state index contributed by atoms with van der Waals surface area (Å²) in [5, 5.41) is 12.4. The van der Waals surface area contributed by atoms with Crippen molar-refractivity contribution < 1.29 is 18.3 Å². The van der Waals surface area contributed by atoms with Gasteiger partial charge in [0.15, 0.2) is 9.84 Å². The molecule has 1 amide bonds. The Hall–Kier alpha value is -1.89. The largest absolute Gasteiger partial charge is 0.396 e. The number of amides is 1. The van der Waals surface area contributed by atoms with Gasteiger partial charge in [-0.2, -0.15) is 0 Å². The molecule has 7 heteroatoms. The highest BCUT2D eigenvalue weighted by molar-refractivity contribution is 7.91. The van der Waals surface area contributed by atoms with E-state index in [0.717, 1.165) is 31.2 Å². The van der Waals surface area contributed by atoms with Crippen molar-refractivity contribution in [1.82, 2.24) is 0 Å². The summed E-state index contributed by atoms with van der Waals surface area (Å²) in [5.74, 6) is 0.0965. The summed E-state index contributed by atoms with van der Waals surface area (Å²) in [6, 6.07) is 11.8. The van der Waals surface area contributed by atoms with Gasteiger partial charge in [-0.05, 0) is 97.2 Å². The van der Waals surface area contributed by atoms with Gasteiger partial charge >= 0.3 is 0 Å². The molecule has 2 aromatic carbocycles. The van der Waals surface area contributed by atoms with Crippen LogP contribution in [0.4, 0.5) is 5.69 Å². The van der Waals surface area contributed by atoms with E-state index in [0.29, 0.717) is 40.4 Å². The summed E-state index contributed by atoms with van der Waals surface area (Å²) in [6.45, 7) is 6.50. The predicted octanol–water partition coefficient (Wildman–Crippen LogP) is 6.20. The lowest BCUT2D eigenvalue weighted by molar-refractivity contribution is -0.121. The Morgan fingerprint density at radius 1 is 1.17 bits per heavy atom. The van der Waals surface area contributed by atoms with Crippen LogP contribution in [-0.2, 0) is 21.1 Å². The fraction of sp³-hybridized carbons (Fsp3) is 0.536. The van der Waals surface area contributed by atoms with Crippen LogP contribution in [0.2, 0.25) is 5.02 Å². The Bertz CT molecular complexity index is 1180. The average molecular weight is 518 g/mol. The fourth-order valence-corrected chi connectivity index (χ4v) is 7.84. The quantitative estimate of drug-likeness (QED) is 0.477. The lowest BCUT2D eigenvalue weighted by atomic mass is 9.69. The molecule has 0 aromatic heterocycles. The van der Waals surface area contributed by atoms with Crippen molar-refractivity contribution in [3.05, 3.63) is 58.6 Å². The van der Waals surface area contributed by atoms with Gasteiger partial charge in [0, 0.05) is 23.2 Å². The molecule has 0 radical (unpaired) electrons. The molecule has 2 aliphatic rings. The molecule has 1 fully saturated rings. The van der Waals surface area contributed by atoms with Crippen molar-refractivity contribution in [2.24, 2.45) is 23.2 Å². The minimum atomic E-state index is -3.74. The summed E-state index contributed by atoms with van der Waals surface area (Å²) in [5.41, 5.74) is 2.55. The SMILES string of the molecule is C[C@H](C(=O)Nc1ccc2c(c1)C(S(=O)(=O)c1cccc(Cl)c1)C[C@H](CO)C2)C1CCC(C)(C)CC1. The van der Waals surface area contributed by atoms with Crippen LogP contribution >= 0.6 is 11.6 Å². The van der Waals surface area contributed by atoms with Crippen molar-refractivity contribution in [3.8, 4) is 0 Å². The fourth-order valence-electron chi connectivity index (χ4n) is 5.62. The first-order valence-corrected chi connectivity index (χ1v) is 14.5. The molecule has 0 heterocycles. The van der Waals surface area contributed by atoms with E-state index in [1.807, 2.05) is 25.1 Å². The Morgan fingerprint density at radius 2 is 1.89 bits per heavy atom. The van der Waals surface area contributed by atoms with Gasteiger partial charge in [0.05, 0.1) is 10.1 Å². The number of carbonyl (C=O) groups is 1. The molecule has 2 aliphatic carbocycles. The minimum Gasteiger partial charge on any atom is -0.396 e. The van der Waals surface area contributed by atoms with Crippen LogP contribution in [0.25, 0.3) is 0 Å². The molecule has 1 unspecified atom stereocenters. The van der Waals surface area contributed by atoms with Crippen molar-refractivity contribution in [1.29, 1.82) is 0 Å². The first-order chi connectivity index (χ1) is 16.5. The monoisotopic (exact) mass is 517 g/mol. The average Bonchev–Trinajstić information content (AvgIpc) is 2.82. The summed E-state index contributed by atoms with van der Waals surface area (Å²) in [6.07, 6.45) is 5.29. The molecule has 0 saturated heterocycles. The Labute approximate surface area is 214 Å². The van der Waals surface area contributed by atoms with E-state index in [2.05, 4.69) is 19.2 Å². The molecular weight excluding hydrogens is 482 g/mol. The van der Waals surface area contributed by atoms with Crippen LogP contribution in [0.3, 0.4) is 0 Å². The maximum atomic E-state index is 13.6. The van der Waals surface area contributed by atoms with Crippen LogP contribution in [0.1, 0.15) is 69.3 Å². The summed E-state index contributed by atoms with van der Waals surface area (Å²) in [4.78, 5) is 13.3. The molecule has 0 spiro atoms. The number of carbonyl (C=O) groups excluding carboxylic acids is 1. The number of halogens is 1. The number of hydrogen-bond acceptors (Lipinski definition) is 4. The number of rotatable bonds is 6. The van der Waals surface area contributed by atoms with Gasteiger partial charge in [-0.15, -0.1) is 0 Å². The van der Waals surface area contributed by atoms with E-state index in [-0.39, 0.29) is 29.2 Å². The lowest BCUT2D eigenvalue weighted by Crippen LogP contribution is -2.32. The first kappa shape index (κ1) is 26.2. The topological polar surface area (TPSA) is 83.5 Å².